The van der Waals surface area contributed by atoms with Crippen LogP contribution in [0.3, 0.4) is 0 Å². The third-order valence-corrected chi connectivity index (χ3v) is 3.67. The molecule has 7 heteroatoms. The molecule has 0 bridgehead atoms. The smallest absolute Gasteiger partial charge is 0.303 e. The Morgan fingerprint density at radius 1 is 1.32 bits per heavy atom. The van der Waals surface area contributed by atoms with Crippen LogP contribution in [0.2, 0.25) is 0 Å². The number of benzene rings is 1. The zero-order valence-corrected chi connectivity index (χ0v) is 12.3. The van der Waals surface area contributed by atoms with E-state index in [0.29, 0.717) is 5.56 Å². The second-order valence-corrected chi connectivity index (χ2v) is 5.55. The van der Waals surface area contributed by atoms with Gasteiger partial charge in [-0.15, -0.1) is 0 Å². The first-order valence-corrected chi connectivity index (χ1v) is 6.72. The van der Waals surface area contributed by atoms with Crippen LogP contribution in [0.25, 0.3) is 0 Å². The second kappa shape index (κ2) is 5.42. The second-order valence-electron chi connectivity index (χ2n) is 5.55. The number of ketones is 1. The van der Waals surface area contributed by atoms with Crippen molar-refractivity contribution in [2.24, 2.45) is 11.7 Å². The number of aliphatic hydroxyl groups is 1. The van der Waals surface area contributed by atoms with Crippen molar-refractivity contribution in [3.05, 3.63) is 28.8 Å². The molecule has 1 aliphatic rings. The van der Waals surface area contributed by atoms with Gasteiger partial charge in [0.2, 0.25) is 11.7 Å². The number of rotatable bonds is 5. The number of fused-ring (bicyclic) bond motifs is 1. The molecule has 0 saturated carbocycles. The Morgan fingerprint density at radius 2 is 1.95 bits per heavy atom. The van der Waals surface area contributed by atoms with Gasteiger partial charge in [-0.25, -0.2) is 0 Å². The third kappa shape index (κ3) is 2.67. The van der Waals surface area contributed by atoms with Crippen LogP contribution in [0.4, 0.5) is 0 Å². The average molecular weight is 307 g/mol. The number of nitrogens with two attached hydrogens (primary N) is 1. The first kappa shape index (κ1) is 16.0. The van der Waals surface area contributed by atoms with E-state index < -0.39 is 42.2 Å². The number of hydrogen-bond acceptors (Lipinski definition) is 5. The maximum Gasteiger partial charge on any atom is 0.303 e. The molecule has 0 aromatic heterocycles. The van der Waals surface area contributed by atoms with Crippen LogP contribution >= 0.6 is 0 Å². The first-order valence-electron chi connectivity index (χ1n) is 6.72. The lowest BCUT2D eigenvalue weighted by Gasteiger charge is -2.28. The quantitative estimate of drug-likeness (QED) is 0.728. The van der Waals surface area contributed by atoms with Crippen LogP contribution < -0.4 is 10.5 Å². The summed E-state index contributed by atoms with van der Waals surface area (Å²) in [6, 6.07) is 3.34. The van der Waals surface area contributed by atoms with E-state index in [2.05, 4.69) is 0 Å². The van der Waals surface area contributed by atoms with Crippen LogP contribution in [0.15, 0.2) is 12.1 Å². The number of carboxylic acid groups (broad SMARTS) is 1. The van der Waals surface area contributed by atoms with Crippen molar-refractivity contribution in [3.63, 3.8) is 0 Å². The van der Waals surface area contributed by atoms with Gasteiger partial charge in [0, 0.05) is 6.42 Å². The molecular formula is C15H17NO6. The van der Waals surface area contributed by atoms with E-state index in [1.807, 2.05) is 0 Å². The Morgan fingerprint density at radius 3 is 2.50 bits per heavy atom. The molecule has 2 rings (SSSR count). The van der Waals surface area contributed by atoms with Gasteiger partial charge >= 0.3 is 5.97 Å². The molecule has 1 aromatic rings. The third-order valence-electron chi connectivity index (χ3n) is 3.67. The minimum atomic E-state index is -2.39. The Bertz CT molecular complexity index is 652. The van der Waals surface area contributed by atoms with E-state index in [4.69, 9.17) is 15.6 Å². The van der Waals surface area contributed by atoms with Gasteiger partial charge in [0.25, 0.3) is 5.79 Å². The fourth-order valence-electron chi connectivity index (χ4n) is 2.72. The highest BCUT2D eigenvalue weighted by atomic mass is 16.6. The van der Waals surface area contributed by atoms with Crippen molar-refractivity contribution in [2.75, 3.05) is 0 Å². The highest BCUT2D eigenvalue weighted by Gasteiger charge is 2.53. The van der Waals surface area contributed by atoms with Crippen molar-refractivity contribution >= 4 is 17.7 Å². The van der Waals surface area contributed by atoms with Crippen LogP contribution in [-0.2, 0) is 9.59 Å². The SMILES string of the molecule is Cc1cc(C)c2c(c1)C(=O)C(O)(C(CC(N)=O)CC(=O)O)O2. The molecule has 0 aliphatic carbocycles. The number of Topliss-reactive ketones (excluding diaryl/α,β-unsaturated/α-hetero) is 1. The monoisotopic (exact) mass is 307 g/mol. The normalized spacial score (nSPS) is 21.1. The number of aryl methyl sites for hydroxylation is 2. The lowest BCUT2D eigenvalue weighted by molar-refractivity contribution is -0.156. The van der Waals surface area contributed by atoms with E-state index in [-0.39, 0.29) is 11.3 Å². The zero-order valence-electron chi connectivity index (χ0n) is 12.3. The number of ether oxygens (including phenoxy) is 1. The molecule has 4 N–H and O–H groups in total. The van der Waals surface area contributed by atoms with Crippen LogP contribution in [0.1, 0.15) is 34.3 Å². The number of aliphatic carboxylic acids is 1. The van der Waals surface area contributed by atoms with Gasteiger partial charge < -0.3 is 20.7 Å². The number of primary amides is 1. The van der Waals surface area contributed by atoms with E-state index in [1.165, 1.54) is 0 Å². The topological polar surface area (TPSA) is 127 Å². The standard InChI is InChI=1S/C15H17NO6/c1-7-3-8(2)13-10(4-7)14(20)15(21,22-13)9(5-11(16)17)6-12(18)19/h3-4,9,21H,5-6H2,1-2H3,(H2,16,17)(H,18,19). The molecule has 0 spiro atoms. The molecule has 0 fully saturated rings. The molecular weight excluding hydrogens is 290 g/mol. The van der Waals surface area contributed by atoms with Crippen LogP contribution in [-0.4, -0.2) is 33.7 Å². The summed E-state index contributed by atoms with van der Waals surface area (Å²) in [6.45, 7) is 3.50. The number of amides is 1. The predicted molar refractivity (Wildman–Crippen MR) is 75.4 cm³/mol. The van der Waals surface area contributed by atoms with Crippen molar-refractivity contribution in [2.45, 2.75) is 32.5 Å². The maximum atomic E-state index is 12.5. The minimum Gasteiger partial charge on any atom is -0.481 e. The highest BCUT2D eigenvalue weighted by molar-refractivity contribution is 6.07. The molecule has 1 aliphatic heterocycles. The van der Waals surface area contributed by atoms with E-state index >= 15 is 0 Å². The maximum absolute atomic E-state index is 12.5. The molecule has 22 heavy (non-hydrogen) atoms. The molecule has 1 aromatic carbocycles. The van der Waals surface area contributed by atoms with Gasteiger partial charge in [0.05, 0.1) is 17.9 Å². The minimum absolute atomic E-state index is 0.180. The number of carboxylic acids is 1. The van der Waals surface area contributed by atoms with Crippen LogP contribution in [0, 0.1) is 19.8 Å². The Hall–Kier alpha value is -2.41. The van der Waals surface area contributed by atoms with Crippen molar-refractivity contribution in [3.8, 4) is 5.75 Å². The van der Waals surface area contributed by atoms with Crippen molar-refractivity contribution in [1.29, 1.82) is 0 Å². The molecule has 7 nitrogen and oxygen atoms in total. The van der Waals surface area contributed by atoms with Gasteiger partial charge in [0.1, 0.15) is 5.75 Å². The fraction of sp³-hybridized carbons (Fsp3) is 0.400. The summed E-state index contributed by atoms with van der Waals surface area (Å²) in [6.07, 6.45) is -1.09. The number of hydrogen-bond donors (Lipinski definition) is 3. The Labute approximate surface area is 126 Å². The molecule has 2 unspecified atom stereocenters. The van der Waals surface area contributed by atoms with E-state index in [9.17, 15) is 19.5 Å². The largest absolute Gasteiger partial charge is 0.481 e. The van der Waals surface area contributed by atoms with Crippen LogP contribution in [0.5, 0.6) is 5.75 Å². The molecule has 118 valence electrons. The summed E-state index contributed by atoms with van der Waals surface area (Å²) in [4.78, 5) is 34.6. The van der Waals surface area contributed by atoms with Crippen molar-refractivity contribution < 1.29 is 29.3 Å². The zero-order chi connectivity index (χ0) is 16.7. The summed E-state index contributed by atoms with van der Waals surface area (Å²) >= 11 is 0. The van der Waals surface area contributed by atoms with Gasteiger partial charge in [0.15, 0.2) is 0 Å². The summed E-state index contributed by atoms with van der Waals surface area (Å²) in [7, 11) is 0. The summed E-state index contributed by atoms with van der Waals surface area (Å²) in [5, 5.41) is 19.6. The van der Waals surface area contributed by atoms with Gasteiger partial charge in [-0.2, -0.15) is 0 Å². The van der Waals surface area contributed by atoms with E-state index in [1.54, 1.807) is 26.0 Å². The first-order chi connectivity index (χ1) is 10.1. The van der Waals surface area contributed by atoms with Gasteiger partial charge in [-0.1, -0.05) is 6.07 Å². The lowest BCUT2D eigenvalue weighted by atomic mass is 9.87. The Balaban J connectivity index is 2.45. The van der Waals surface area contributed by atoms with Crippen molar-refractivity contribution in [1.82, 2.24) is 0 Å². The molecule has 2 atom stereocenters. The van der Waals surface area contributed by atoms with Gasteiger partial charge in [-0.05, 0) is 31.0 Å². The summed E-state index contributed by atoms with van der Waals surface area (Å²) < 4.78 is 5.39. The molecule has 1 heterocycles. The number of carbonyl (C=O) groups is 3. The fourth-order valence-corrected chi connectivity index (χ4v) is 2.72. The molecule has 0 radical (unpaired) electrons. The lowest BCUT2D eigenvalue weighted by Crippen LogP contribution is -2.49. The molecule has 1 amide bonds. The van der Waals surface area contributed by atoms with E-state index in [0.717, 1.165) is 5.56 Å². The number of carbonyl (C=O) groups excluding carboxylic acids is 2. The summed E-state index contributed by atoms with van der Waals surface area (Å²) in [5.74, 6) is -6.28. The Kier molecular flexibility index (Phi) is 3.93. The predicted octanol–water partition coefficient (Wildman–Crippen LogP) is 0.533. The summed E-state index contributed by atoms with van der Waals surface area (Å²) in [5.41, 5.74) is 6.72. The average Bonchev–Trinajstić information content (AvgIpc) is 2.63. The van der Waals surface area contributed by atoms with Gasteiger partial charge in [-0.3, -0.25) is 14.4 Å². The molecule has 0 saturated heterocycles. The highest BCUT2D eigenvalue weighted by Crippen LogP contribution is 2.42.